The first-order valence-electron chi connectivity index (χ1n) is 6.45. The second-order valence-electron chi connectivity index (χ2n) is 4.96. The van der Waals surface area contributed by atoms with Crippen molar-refractivity contribution in [3.63, 3.8) is 0 Å². The number of halogens is 1. The number of anilines is 1. The minimum atomic E-state index is -0.989. The molecule has 5 heteroatoms. The molecule has 1 N–H and O–H groups in total. The van der Waals surface area contributed by atoms with Crippen molar-refractivity contribution in [1.29, 1.82) is 0 Å². The van der Waals surface area contributed by atoms with Crippen molar-refractivity contribution < 1.29 is 9.90 Å². The summed E-state index contributed by atoms with van der Waals surface area (Å²) in [6.07, 6.45) is 2.37. The highest BCUT2D eigenvalue weighted by atomic mass is 35.5. The van der Waals surface area contributed by atoms with E-state index in [9.17, 15) is 4.79 Å². The third-order valence-electron chi connectivity index (χ3n) is 3.44. The Morgan fingerprint density at radius 1 is 1.40 bits per heavy atom. The van der Waals surface area contributed by atoms with Crippen LogP contribution < -0.4 is 4.90 Å². The Balaban J connectivity index is 1.88. The van der Waals surface area contributed by atoms with Gasteiger partial charge in [0.1, 0.15) is 0 Å². The molecular formula is C15H14ClNO2S. The number of nitrogens with zero attached hydrogens (tertiary/aromatic N) is 1. The zero-order valence-electron chi connectivity index (χ0n) is 10.8. The van der Waals surface area contributed by atoms with Gasteiger partial charge in [-0.15, -0.1) is 0 Å². The Hall–Kier alpha value is -1.52. The van der Waals surface area contributed by atoms with Crippen LogP contribution in [0.1, 0.15) is 28.8 Å². The van der Waals surface area contributed by atoms with Gasteiger partial charge in [-0.25, -0.2) is 4.79 Å². The second-order valence-corrected chi connectivity index (χ2v) is 6.15. The van der Waals surface area contributed by atoms with E-state index in [0.717, 1.165) is 12.2 Å². The lowest BCUT2D eigenvalue weighted by Crippen LogP contribution is -2.24. The molecule has 0 amide bonds. The van der Waals surface area contributed by atoms with Gasteiger partial charge in [-0.3, -0.25) is 0 Å². The molecule has 1 heterocycles. The summed E-state index contributed by atoms with van der Waals surface area (Å²) in [6.45, 7) is 0.844. The fraction of sp³-hybridized carbons (Fsp3) is 0.267. The maximum absolute atomic E-state index is 11.0. The molecule has 0 bridgehead atoms. The standard InChI is InChI=1S/C15H14ClNO2S/c16-14-7-12(3-4-13(14)15(18)19)17(11-1-2-11)8-10-5-6-20-9-10/h3-7,9,11H,1-2,8H2,(H,18,19). The van der Waals surface area contributed by atoms with Crippen LogP contribution in [-0.2, 0) is 6.54 Å². The van der Waals surface area contributed by atoms with Crippen LogP contribution in [0.4, 0.5) is 5.69 Å². The van der Waals surface area contributed by atoms with Gasteiger partial charge in [0.15, 0.2) is 0 Å². The molecule has 0 radical (unpaired) electrons. The molecule has 20 heavy (non-hydrogen) atoms. The number of hydrogen-bond donors (Lipinski definition) is 1. The molecule has 1 fully saturated rings. The molecule has 1 aromatic heterocycles. The Morgan fingerprint density at radius 3 is 2.75 bits per heavy atom. The van der Waals surface area contributed by atoms with Gasteiger partial charge < -0.3 is 10.0 Å². The monoisotopic (exact) mass is 307 g/mol. The summed E-state index contributed by atoms with van der Waals surface area (Å²) in [5, 5.41) is 13.5. The highest BCUT2D eigenvalue weighted by Gasteiger charge is 2.29. The summed E-state index contributed by atoms with van der Waals surface area (Å²) in [4.78, 5) is 13.3. The van der Waals surface area contributed by atoms with Crippen LogP contribution in [-0.4, -0.2) is 17.1 Å². The maximum Gasteiger partial charge on any atom is 0.337 e. The number of rotatable bonds is 5. The largest absolute Gasteiger partial charge is 0.478 e. The summed E-state index contributed by atoms with van der Waals surface area (Å²) >= 11 is 7.76. The number of carboxylic acid groups (broad SMARTS) is 1. The lowest BCUT2D eigenvalue weighted by molar-refractivity contribution is 0.0697. The first-order valence-corrected chi connectivity index (χ1v) is 7.78. The van der Waals surface area contributed by atoms with Crippen LogP contribution in [0.15, 0.2) is 35.0 Å². The van der Waals surface area contributed by atoms with Crippen LogP contribution in [0.25, 0.3) is 0 Å². The number of thiophene rings is 1. The van der Waals surface area contributed by atoms with E-state index < -0.39 is 5.97 Å². The highest BCUT2D eigenvalue weighted by molar-refractivity contribution is 7.07. The topological polar surface area (TPSA) is 40.5 Å². The molecule has 0 spiro atoms. The van der Waals surface area contributed by atoms with Gasteiger partial charge >= 0.3 is 5.97 Å². The van der Waals surface area contributed by atoms with E-state index in [0.29, 0.717) is 11.1 Å². The van der Waals surface area contributed by atoms with Crippen molar-refractivity contribution >= 4 is 34.6 Å². The van der Waals surface area contributed by atoms with Crippen molar-refractivity contribution in [3.8, 4) is 0 Å². The molecule has 104 valence electrons. The molecule has 1 saturated carbocycles. The molecule has 3 rings (SSSR count). The molecule has 2 aromatic rings. The Morgan fingerprint density at radius 2 is 2.20 bits per heavy atom. The zero-order chi connectivity index (χ0) is 14.1. The van der Waals surface area contributed by atoms with Gasteiger partial charge in [-0.05, 0) is 53.4 Å². The number of carbonyl (C=O) groups is 1. The van der Waals surface area contributed by atoms with Crippen molar-refractivity contribution in [2.75, 3.05) is 4.90 Å². The van der Waals surface area contributed by atoms with Crippen molar-refractivity contribution in [3.05, 3.63) is 51.2 Å². The molecular weight excluding hydrogens is 294 g/mol. The van der Waals surface area contributed by atoms with Crippen LogP contribution >= 0.6 is 22.9 Å². The molecule has 0 aliphatic heterocycles. The Kier molecular flexibility index (Phi) is 3.68. The van der Waals surface area contributed by atoms with Crippen molar-refractivity contribution in [2.24, 2.45) is 0 Å². The van der Waals surface area contributed by atoms with Crippen LogP contribution in [0.5, 0.6) is 0 Å². The van der Waals surface area contributed by atoms with Crippen molar-refractivity contribution in [2.45, 2.75) is 25.4 Å². The van der Waals surface area contributed by atoms with Gasteiger partial charge in [-0.1, -0.05) is 11.6 Å². The molecule has 1 aromatic carbocycles. The maximum atomic E-state index is 11.0. The third kappa shape index (κ3) is 2.81. The van der Waals surface area contributed by atoms with Crippen molar-refractivity contribution in [1.82, 2.24) is 0 Å². The first kappa shape index (κ1) is 13.5. The number of benzene rings is 1. The van der Waals surface area contributed by atoms with E-state index in [-0.39, 0.29) is 5.56 Å². The molecule has 0 atom stereocenters. The first-order chi connectivity index (χ1) is 9.65. The second kappa shape index (κ2) is 5.46. The van der Waals surface area contributed by atoms with Gasteiger partial charge in [0, 0.05) is 18.3 Å². The smallest absolute Gasteiger partial charge is 0.337 e. The summed E-state index contributed by atoms with van der Waals surface area (Å²) < 4.78 is 0. The van der Waals surface area contributed by atoms with E-state index in [1.54, 1.807) is 23.5 Å². The minimum absolute atomic E-state index is 0.154. The van der Waals surface area contributed by atoms with Gasteiger partial charge in [0.25, 0.3) is 0 Å². The predicted octanol–water partition coefficient (Wildman–Crippen LogP) is 4.27. The van der Waals surface area contributed by atoms with Gasteiger partial charge in [0.2, 0.25) is 0 Å². The normalized spacial score (nSPS) is 14.2. The number of aromatic carboxylic acids is 1. The van der Waals surface area contributed by atoms with E-state index in [4.69, 9.17) is 16.7 Å². The number of carboxylic acids is 1. The van der Waals surface area contributed by atoms with E-state index in [1.807, 2.05) is 6.07 Å². The van der Waals surface area contributed by atoms with E-state index in [1.165, 1.54) is 18.4 Å². The highest BCUT2D eigenvalue weighted by Crippen LogP contribution is 2.35. The molecule has 3 nitrogen and oxygen atoms in total. The zero-order valence-corrected chi connectivity index (χ0v) is 12.3. The molecule has 1 aliphatic carbocycles. The Bertz CT molecular complexity index is 623. The summed E-state index contributed by atoms with van der Waals surface area (Å²) in [5.41, 5.74) is 2.43. The van der Waals surface area contributed by atoms with Gasteiger partial charge in [-0.2, -0.15) is 11.3 Å². The van der Waals surface area contributed by atoms with E-state index in [2.05, 4.69) is 21.7 Å². The quantitative estimate of drug-likeness (QED) is 0.897. The van der Waals surface area contributed by atoms with Crippen LogP contribution in [0.2, 0.25) is 5.02 Å². The van der Waals surface area contributed by atoms with Crippen LogP contribution in [0.3, 0.4) is 0 Å². The number of hydrogen-bond acceptors (Lipinski definition) is 3. The molecule has 0 unspecified atom stereocenters. The summed E-state index contributed by atoms with van der Waals surface area (Å²) in [5.74, 6) is -0.989. The van der Waals surface area contributed by atoms with Gasteiger partial charge in [0.05, 0.1) is 10.6 Å². The fourth-order valence-electron chi connectivity index (χ4n) is 2.25. The average Bonchev–Trinajstić information content (AvgIpc) is 3.12. The minimum Gasteiger partial charge on any atom is -0.478 e. The summed E-state index contributed by atoms with van der Waals surface area (Å²) in [6, 6.07) is 7.85. The average molecular weight is 308 g/mol. The lowest BCUT2D eigenvalue weighted by atomic mass is 10.1. The Labute approximate surface area is 126 Å². The van der Waals surface area contributed by atoms with Crippen LogP contribution in [0, 0.1) is 0 Å². The lowest BCUT2D eigenvalue weighted by Gasteiger charge is -2.24. The van der Waals surface area contributed by atoms with E-state index >= 15 is 0 Å². The summed E-state index contributed by atoms with van der Waals surface area (Å²) in [7, 11) is 0. The molecule has 0 saturated heterocycles. The molecule has 1 aliphatic rings. The predicted molar refractivity (Wildman–Crippen MR) is 81.9 cm³/mol. The third-order valence-corrected chi connectivity index (χ3v) is 4.48. The SMILES string of the molecule is O=C(O)c1ccc(N(Cc2ccsc2)C2CC2)cc1Cl. The fourth-order valence-corrected chi connectivity index (χ4v) is 3.17.